The third-order valence-electron chi connectivity index (χ3n) is 5.70. The van der Waals surface area contributed by atoms with Gasteiger partial charge in [0, 0.05) is 36.5 Å². The predicted octanol–water partition coefficient (Wildman–Crippen LogP) is 5.00. The summed E-state index contributed by atoms with van der Waals surface area (Å²) in [4.78, 5) is 4.46. The molecule has 0 amide bonds. The van der Waals surface area contributed by atoms with E-state index < -0.39 is 0 Å². The Morgan fingerprint density at radius 2 is 2.21 bits per heavy atom. The zero-order valence-corrected chi connectivity index (χ0v) is 18.0. The quantitative estimate of drug-likeness (QED) is 0.531. The van der Waals surface area contributed by atoms with Crippen molar-refractivity contribution in [2.24, 2.45) is 11.8 Å². The molecule has 1 aromatic heterocycles. The first-order valence-electron chi connectivity index (χ1n) is 10.7. The van der Waals surface area contributed by atoms with Crippen molar-refractivity contribution in [3.63, 3.8) is 0 Å². The topological polar surface area (TPSA) is 61.5 Å². The number of hydrogen-bond donors (Lipinski definition) is 3. The van der Waals surface area contributed by atoms with Crippen LogP contribution in [-0.2, 0) is 4.74 Å². The molecule has 0 aliphatic carbocycles. The lowest BCUT2D eigenvalue weighted by Gasteiger charge is -2.20. The fourth-order valence-electron chi connectivity index (χ4n) is 3.94. The Balaban J connectivity index is 1.42. The van der Waals surface area contributed by atoms with Crippen LogP contribution in [0.5, 0.6) is 0 Å². The average Bonchev–Trinajstić information content (AvgIpc) is 3.49. The Morgan fingerprint density at radius 1 is 1.31 bits per heavy atom. The summed E-state index contributed by atoms with van der Waals surface area (Å²) < 4.78 is 5.88. The highest BCUT2D eigenvalue weighted by molar-refractivity contribution is 6.33. The maximum absolute atomic E-state index is 6.48. The first kappa shape index (κ1) is 20.5. The van der Waals surface area contributed by atoms with Crippen molar-refractivity contribution in [3.05, 3.63) is 41.6 Å². The van der Waals surface area contributed by atoms with E-state index in [2.05, 4.69) is 59.0 Å². The molecule has 1 aromatic carbocycles. The molecule has 2 aliphatic rings. The second-order valence-electron chi connectivity index (χ2n) is 8.51. The molecular formula is C23H31ClN4O. The van der Waals surface area contributed by atoms with Crippen LogP contribution in [0, 0.1) is 11.8 Å². The van der Waals surface area contributed by atoms with E-state index in [1.54, 1.807) is 6.20 Å². The van der Waals surface area contributed by atoms with Crippen LogP contribution in [-0.4, -0.2) is 37.0 Å². The Kier molecular flexibility index (Phi) is 6.58. The number of piperidine rings is 1. The maximum atomic E-state index is 6.48. The number of pyridine rings is 1. The normalized spacial score (nSPS) is 23.8. The minimum atomic E-state index is 0.0467. The van der Waals surface area contributed by atoms with E-state index in [4.69, 9.17) is 16.3 Å². The minimum Gasteiger partial charge on any atom is -0.385 e. The van der Waals surface area contributed by atoms with Gasteiger partial charge < -0.3 is 20.7 Å². The van der Waals surface area contributed by atoms with E-state index >= 15 is 0 Å². The molecule has 2 unspecified atom stereocenters. The van der Waals surface area contributed by atoms with Crippen molar-refractivity contribution in [3.8, 4) is 11.1 Å². The highest BCUT2D eigenvalue weighted by Gasteiger charge is 2.45. The Hall–Kier alpha value is -1.82. The van der Waals surface area contributed by atoms with E-state index in [9.17, 15) is 0 Å². The van der Waals surface area contributed by atoms with Crippen molar-refractivity contribution in [2.75, 3.05) is 30.3 Å². The summed E-state index contributed by atoms with van der Waals surface area (Å²) in [6, 6.07) is 10.4. The summed E-state index contributed by atoms with van der Waals surface area (Å²) in [6.07, 6.45) is 5.64. The molecule has 2 aromatic rings. The summed E-state index contributed by atoms with van der Waals surface area (Å²) >= 11 is 6.48. The zero-order valence-electron chi connectivity index (χ0n) is 17.2. The Morgan fingerprint density at radius 3 is 3.00 bits per heavy atom. The number of rotatable bonds is 8. The lowest BCUT2D eigenvalue weighted by molar-refractivity contribution is 0.275. The lowest BCUT2D eigenvalue weighted by Crippen LogP contribution is -2.33. The standard InChI is InChI=1S/C23H31ClN4O/c1-15(2)8-10-26-18-7-3-5-16(11-18)19-12-21(27-14-20(19)24)28-23-22(29-23)17-6-4-9-25-13-17/h3,5,7,11-12,14-15,17,22-23,25-26H,4,6,8-10,13H2,1-2H3,(H,27,28)/t17-,22?,23?/m1/s1. The third kappa shape index (κ3) is 5.41. The first-order valence-corrected chi connectivity index (χ1v) is 11.1. The van der Waals surface area contributed by atoms with Gasteiger partial charge in [0.1, 0.15) is 11.9 Å². The summed E-state index contributed by atoms with van der Waals surface area (Å²) in [5.74, 6) is 2.08. The van der Waals surface area contributed by atoms with E-state index in [-0.39, 0.29) is 12.3 Å². The number of anilines is 2. The van der Waals surface area contributed by atoms with Crippen molar-refractivity contribution < 1.29 is 4.74 Å². The smallest absolute Gasteiger partial charge is 0.156 e. The van der Waals surface area contributed by atoms with E-state index in [1.807, 2.05) is 6.07 Å². The highest BCUT2D eigenvalue weighted by atomic mass is 35.5. The molecule has 6 heteroatoms. The second kappa shape index (κ2) is 9.33. The maximum Gasteiger partial charge on any atom is 0.156 e. The van der Waals surface area contributed by atoms with Crippen LogP contribution in [0.25, 0.3) is 11.1 Å². The first-order chi connectivity index (χ1) is 14.1. The molecule has 0 radical (unpaired) electrons. The van der Waals surface area contributed by atoms with Crippen LogP contribution < -0.4 is 16.0 Å². The molecule has 156 valence electrons. The molecule has 0 bridgehead atoms. The molecule has 3 N–H and O–H groups in total. The summed E-state index contributed by atoms with van der Waals surface area (Å²) in [5.41, 5.74) is 3.17. The van der Waals surface area contributed by atoms with E-state index in [0.29, 0.717) is 16.9 Å². The van der Waals surface area contributed by atoms with Gasteiger partial charge in [-0.15, -0.1) is 0 Å². The average molecular weight is 415 g/mol. The SMILES string of the molecule is CC(C)CCNc1cccc(-c2cc(NC3OC3[C@@H]3CCCNC3)ncc2Cl)c1. The fraction of sp³-hybridized carbons (Fsp3) is 0.522. The number of ether oxygens (including phenoxy) is 1. The molecule has 3 heterocycles. The number of nitrogens with one attached hydrogen (secondary N) is 3. The largest absolute Gasteiger partial charge is 0.385 e. The molecule has 2 aliphatic heterocycles. The predicted molar refractivity (Wildman–Crippen MR) is 121 cm³/mol. The summed E-state index contributed by atoms with van der Waals surface area (Å²) in [7, 11) is 0. The number of hydrogen-bond acceptors (Lipinski definition) is 5. The van der Waals surface area contributed by atoms with Crippen LogP contribution in [0.4, 0.5) is 11.5 Å². The summed E-state index contributed by atoms with van der Waals surface area (Å²) in [6.45, 7) is 7.60. The number of nitrogens with zero attached hydrogens (tertiary/aromatic N) is 1. The van der Waals surface area contributed by atoms with E-state index in [0.717, 1.165) is 48.7 Å². The van der Waals surface area contributed by atoms with Crippen LogP contribution in [0.3, 0.4) is 0 Å². The van der Waals surface area contributed by atoms with Gasteiger partial charge in [-0.1, -0.05) is 37.6 Å². The Labute approximate surface area is 178 Å². The fourth-order valence-corrected chi connectivity index (χ4v) is 4.16. The summed E-state index contributed by atoms with van der Waals surface area (Å²) in [5, 5.41) is 11.0. The Bertz CT molecular complexity index is 822. The van der Waals surface area contributed by atoms with Crippen LogP contribution in [0.15, 0.2) is 36.5 Å². The van der Waals surface area contributed by atoms with Crippen LogP contribution in [0.1, 0.15) is 33.1 Å². The molecule has 29 heavy (non-hydrogen) atoms. The van der Waals surface area contributed by atoms with Crippen molar-refractivity contribution in [2.45, 2.75) is 45.4 Å². The van der Waals surface area contributed by atoms with Gasteiger partial charge in [-0.25, -0.2) is 4.98 Å². The van der Waals surface area contributed by atoms with Crippen molar-refractivity contribution >= 4 is 23.1 Å². The number of aromatic nitrogens is 1. The van der Waals surface area contributed by atoms with Crippen LogP contribution >= 0.6 is 11.6 Å². The van der Waals surface area contributed by atoms with Gasteiger partial charge in [0.05, 0.1) is 5.02 Å². The van der Waals surface area contributed by atoms with Gasteiger partial charge in [-0.2, -0.15) is 0 Å². The van der Waals surface area contributed by atoms with Gasteiger partial charge in [0.2, 0.25) is 0 Å². The van der Waals surface area contributed by atoms with Gasteiger partial charge in [0.15, 0.2) is 6.23 Å². The number of halogens is 1. The zero-order chi connectivity index (χ0) is 20.2. The molecule has 0 saturated carbocycles. The van der Waals surface area contributed by atoms with Gasteiger partial charge in [0.25, 0.3) is 0 Å². The highest BCUT2D eigenvalue weighted by Crippen LogP contribution is 2.35. The van der Waals surface area contributed by atoms with Gasteiger partial charge in [-0.05, 0) is 55.5 Å². The molecule has 2 saturated heterocycles. The molecule has 5 nitrogen and oxygen atoms in total. The molecule has 2 fully saturated rings. The third-order valence-corrected chi connectivity index (χ3v) is 6.00. The second-order valence-corrected chi connectivity index (χ2v) is 8.92. The lowest BCUT2D eigenvalue weighted by atomic mass is 9.96. The molecule has 4 rings (SSSR count). The van der Waals surface area contributed by atoms with Gasteiger partial charge in [-0.3, -0.25) is 0 Å². The monoisotopic (exact) mass is 414 g/mol. The van der Waals surface area contributed by atoms with Gasteiger partial charge >= 0.3 is 0 Å². The van der Waals surface area contributed by atoms with Crippen LogP contribution in [0.2, 0.25) is 5.02 Å². The van der Waals surface area contributed by atoms with E-state index in [1.165, 1.54) is 12.8 Å². The van der Waals surface area contributed by atoms with Crippen molar-refractivity contribution in [1.82, 2.24) is 10.3 Å². The molecular weight excluding hydrogens is 384 g/mol. The van der Waals surface area contributed by atoms with Crippen molar-refractivity contribution in [1.29, 1.82) is 0 Å². The number of benzene rings is 1. The number of epoxide rings is 1. The molecule has 0 spiro atoms. The molecule has 3 atom stereocenters. The minimum absolute atomic E-state index is 0.0467.